The molecular weight excluding hydrogens is 296 g/mol. The van der Waals surface area contributed by atoms with Gasteiger partial charge in [-0.15, -0.1) is 18.2 Å². The van der Waals surface area contributed by atoms with Crippen LogP contribution in [0, 0.1) is 22.5 Å². The third-order valence-corrected chi connectivity index (χ3v) is 3.37. The third kappa shape index (κ3) is 5.54. The number of benzene rings is 1. The van der Waals surface area contributed by atoms with Crippen LogP contribution >= 0.6 is 11.8 Å². The standard InChI is InChI=1S/C13H12N2O5S/c1-2-7-14(8-13(17)18)12(16)9-21-11-5-3-10(4-6-11)15(19)20/h1,3-6H,7-9H2,(H,17,18). The number of hydrogen-bond donors (Lipinski definition) is 1. The zero-order valence-corrected chi connectivity index (χ0v) is 11.7. The first kappa shape index (κ1) is 16.5. The molecule has 0 aliphatic rings. The third-order valence-electron chi connectivity index (χ3n) is 2.37. The lowest BCUT2D eigenvalue weighted by molar-refractivity contribution is -0.384. The summed E-state index contributed by atoms with van der Waals surface area (Å²) in [6.07, 6.45) is 5.09. The second-order valence-corrected chi connectivity index (χ2v) is 4.94. The van der Waals surface area contributed by atoms with Crippen LogP contribution in [-0.2, 0) is 9.59 Å². The fourth-order valence-corrected chi connectivity index (χ4v) is 2.21. The summed E-state index contributed by atoms with van der Waals surface area (Å²) in [5.74, 6) is 0.693. The van der Waals surface area contributed by atoms with Crippen LogP contribution in [0.4, 0.5) is 5.69 Å². The van der Waals surface area contributed by atoms with Crippen molar-refractivity contribution in [1.29, 1.82) is 0 Å². The van der Waals surface area contributed by atoms with Crippen LogP contribution in [0.2, 0.25) is 0 Å². The van der Waals surface area contributed by atoms with Gasteiger partial charge >= 0.3 is 5.97 Å². The highest BCUT2D eigenvalue weighted by atomic mass is 32.2. The number of amides is 1. The molecule has 0 unspecified atom stereocenters. The first-order chi connectivity index (χ1) is 9.93. The van der Waals surface area contributed by atoms with E-state index in [1.807, 2.05) is 0 Å². The molecule has 0 saturated heterocycles. The zero-order chi connectivity index (χ0) is 15.8. The van der Waals surface area contributed by atoms with Crippen molar-refractivity contribution in [2.45, 2.75) is 4.90 Å². The lowest BCUT2D eigenvalue weighted by atomic mass is 10.3. The van der Waals surface area contributed by atoms with E-state index >= 15 is 0 Å². The number of hydrogen-bond acceptors (Lipinski definition) is 5. The summed E-state index contributed by atoms with van der Waals surface area (Å²) < 4.78 is 0. The van der Waals surface area contributed by atoms with Crippen molar-refractivity contribution in [1.82, 2.24) is 4.90 Å². The Kier molecular flexibility index (Phi) is 6.23. The van der Waals surface area contributed by atoms with E-state index in [2.05, 4.69) is 5.92 Å². The Morgan fingerprint density at radius 2 is 2.00 bits per heavy atom. The average Bonchev–Trinajstić information content (AvgIpc) is 2.44. The second kappa shape index (κ2) is 7.91. The summed E-state index contributed by atoms with van der Waals surface area (Å²) >= 11 is 1.15. The molecule has 21 heavy (non-hydrogen) atoms. The van der Waals surface area contributed by atoms with E-state index in [1.54, 1.807) is 0 Å². The zero-order valence-electron chi connectivity index (χ0n) is 10.9. The van der Waals surface area contributed by atoms with Crippen molar-refractivity contribution in [3.8, 4) is 12.3 Å². The quantitative estimate of drug-likeness (QED) is 0.352. The van der Waals surface area contributed by atoms with Gasteiger partial charge in [0.1, 0.15) is 6.54 Å². The van der Waals surface area contributed by atoms with E-state index in [-0.39, 0.29) is 18.0 Å². The Balaban J connectivity index is 2.60. The van der Waals surface area contributed by atoms with Gasteiger partial charge in [0.2, 0.25) is 5.91 Å². The number of nitro benzene ring substituents is 1. The molecule has 8 heteroatoms. The monoisotopic (exact) mass is 308 g/mol. The summed E-state index contributed by atoms with van der Waals surface area (Å²) in [4.78, 5) is 34.2. The molecule has 1 aromatic carbocycles. The number of terminal acetylenes is 1. The minimum Gasteiger partial charge on any atom is -0.480 e. The van der Waals surface area contributed by atoms with E-state index in [1.165, 1.54) is 24.3 Å². The number of aliphatic carboxylic acids is 1. The number of carbonyl (C=O) groups excluding carboxylic acids is 1. The topological polar surface area (TPSA) is 101 Å². The molecule has 1 rings (SSSR count). The largest absolute Gasteiger partial charge is 0.480 e. The number of carboxylic acid groups (broad SMARTS) is 1. The molecule has 1 N–H and O–H groups in total. The molecule has 0 aliphatic heterocycles. The van der Waals surface area contributed by atoms with Gasteiger partial charge in [0, 0.05) is 17.0 Å². The Labute approximate surface area is 125 Å². The maximum absolute atomic E-state index is 11.9. The molecule has 1 aromatic rings. The molecule has 0 heterocycles. The first-order valence-corrected chi connectivity index (χ1v) is 6.73. The predicted octanol–water partition coefficient (Wildman–Crippen LogP) is 1.23. The number of rotatable bonds is 7. The maximum atomic E-state index is 11.9. The van der Waals surface area contributed by atoms with Crippen molar-refractivity contribution in [3.63, 3.8) is 0 Å². The normalized spacial score (nSPS) is 9.67. The highest BCUT2D eigenvalue weighted by Gasteiger charge is 2.16. The van der Waals surface area contributed by atoms with Gasteiger partial charge in [-0.25, -0.2) is 0 Å². The van der Waals surface area contributed by atoms with Crippen LogP contribution in [0.15, 0.2) is 29.2 Å². The van der Waals surface area contributed by atoms with E-state index in [0.29, 0.717) is 4.90 Å². The summed E-state index contributed by atoms with van der Waals surface area (Å²) in [5, 5.41) is 19.2. The number of nitrogens with zero attached hydrogens (tertiary/aromatic N) is 2. The van der Waals surface area contributed by atoms with Gasteiger partial charge in [0.05, 0.1) is 17.2 Å². The molecule has 0 spiro atoms. The van der Waals surface area contributed by atoms with E-state index in [0.717, 1.165) is 16.7 Å². The van der Waals surface area contributed by atoms with Crippen molar-refractivity contribution in [2.24, 2.45) is 0 Å². The van der Waals surface area contributed by atoms with Crippen LogP contribution in [0.3, 0.4) is 0 Å². The molecule has 7 nitrogen and oxygen atoms in total. The SMILES string of the molecule is C#CCN(CC(=O)O)C(=O)CSc1ccc([N+](=O)[O-])cc1. The van der Waals surface area contributed by atoms with Crippen molar-refractivity contribution >= 4 is 29.3 Å². The highest BCUT2D eigenvalue weighted by molar-refractivity contribution is 8.00. The molecule has 0 radical (unpaired) electrons. The van der Waals surface area contributed by atoms with Crippen LogP contribution in [0.5, 0.6) is 0 Å². The van der Waals surface area contributed by atoms with E-state index < -0.39 is 23.3 Å². The fraction of sp³-hybridized carbons (Fsp3) is 0.231. The summed E-state index contributed by atoms with van der Waals surface area (Å²) in [6, 6.07) is 5.73. The van der Waals surface area contributed by atoms with E-state index in [9.17, 15) is 19.7 Å². The summed E-state index contributed by atoms with van der Waals surface area (Å²) in [5.41, 5.74) is -0.0366. The van der Waals surface area contributed by atoms with Gasteiger partial charge in [-0.1, -0.05) is 5.92 Å². The van der Waals surface area contributed by atoms with Crippen molar-refractivity contribution in [2.75, 3.05) is 18.8 Å². The van der Waals surface area contributed by atoms with Gasteiger partial charge < -0.3 is 10.0 Å². The lowest BCUT2D eigenvalue weighted by Gasteiger charge is -2.17. The minimum atomic E-state index is -1.14. The summed E-state index contributed by atoms with van der Waals surface area (Å²) in [6.45, 7) is -0.532. The van der Waals surface area contributed by atoms with Crippen molar-refractivity contribution < 1.29 is 19.6 Å². The smallest absolute Gasteiger partial charge is 0.323 e. The van der Waals surface area contributed by atoms with Crippen LogP contribution in [0.25, 0.3) is 0 Å². The Bertz CT molecular complexity index is 579. The number of carboxylic acids is 1. The van der Waals surface area contributed by atoms with Gasteiger partial charge in [-0.3, -0.25) is 19.7 Å². The summed E-state index contributed by atoms with van der Waals surface area (Å²) in [7, 11) is 0. The number of carbonyl (C=O) groups is 2. The molecule has 0 aliphatic carbocycles. The predicted molar refractivity (Wildman–Crippen MR) is 76.9 cm³/mol. The van der Waals surface area contributed by atoms with Gasteiger partial charge in [-0.05, 0) is 12.1 Å². The first-order valence-electron chi connectivity index (χ1n) is 5.74. The second-order valence-electron chi connectivity index (χ2n) is 3.89. The van der Waals surface area contributed by atoms with Gasteiger partial charge in [0.25, 0.3) is 5.69 Å². The molecule has 0 bridgehead atoms. The molecule has 110 valence electrons. The molecule has 1 amide bonds. The Hall–Kier alpha value is -2.53. The molecule has 0 fully saturated rings. The Morgan fingerprint density at radius 1 is 1.38 bits per heavy atom. The van der Waals surface area contributed by atoms with Crippen molar-refractivity contribution in [3.05, 3.63) is 34.4 Å². The molecule has 0 aromatic heterocycles. The van der Waals surface area contributed by atoms with Crippen LogP contribution in [-0.4, -0.2) is 45.6 Å². The number of nitro groups is 1. The molecule has 0 atom stereocenters. The van der Waals surface area contributed by atoms with Gasteiger partial charge in [-0.2, -0.15) is 0 Å². The fourth-order valence-electron chi connectivity index (χ4n) is 1.41. The number of non-ortho nitro benzene ring substituents is 1. The van der Waals surface area contributed by atoms with Crippen LogP contribution in [0.1, 0.15) is 0 Å². The minimum absolute atomic E-state index is 0.00672. The molecule has 0 saturated carbocycles. The Morgan fingerprint density at radius 3 is 2.48 bits per heavy atom. The lowest BCUT2D eigenvalue weighted by Crippen LogP contribution is -2.37. The van der Waals surface area contributed by atoms with Gasteiger partial charge in [0.15, 0.2) is 0 Å². The average molecular weight is 308 g/mol. The maximum Gasteiger partial charge on any atom is 0.323 e. The molecular formula is C13H12N2O5S. The number of thioether (sulfide) groups is 1. The van der Waals surface area contributed by atoms with E-state index in [4.69, 9.17) is 11.5 Å². The highest BCUT2D eigenvalue weighted by Crippen LogP contribution is 2.21. The van der Waals surface area contributed by atoms with Crippen LogP contribution < -0.4 is 0 Å².